The normalized spacial score (nSPS) is 10.6. The number of hydrogen-bond acceptors (Lipinski definition) is 3. The van der Waals surface area contributed by atoms with E-state index in [4.69, 9.17) is 5.73 Å². The van der Waals surface area contributed by atoms with Crippen LogP contribution < -0.4 is 5.73 Å². The molecule has 0 amide bonds. The SMILES string of the molecule is Nc1ccc(-c2cnn(-c3ccc(F)cn3)c2)cc1. The van der Waals surface area contributed by atoms with Crippen LogP contribution >= 0.6 is 0 Å². The minimum absolute atomic E-state index is 0.366. The number of rotatable bonds is 2. The molecule has 0 atom stereocenters. The average molecular weight is 254 g/mol. The lowest BCUT2D eigenvalue weighted by molar-refractivity contribution is 0.619. The van der Waals surface area contributed by atoms with Crippen LogP contribution in [0.5, 0.6) is 0 Å². The lowest BCUT2D eigenvalue weighted by Gasteiger charge is -1.99. The second-order valence-electron chi connectivity index (χ2n) is 4.13. The standard InChI is InChI=1S/C14H11FN4/c15-12-3-6-14(17-8-12)19-9-11(7-18-19)10-1-4-13(16)5-2-10/h1-9H,16H2. The summed E-state index contributed by atoms with van der Waals surface area (Å²) < 4.78 is 14.4. The highest BCUT2D eigenvalue weighted by atomic mass is 19.1. The average Bonchev–Trinajstić information content (AvgIpc) is 2.90. The Morgan fingerprint density at radius 3 is 2.42 bits per heavy atom. The number of halogens is 1. The van der Waals surface area contributed by atoms with Crippen LogP contribution in [0.3, 0.4) is 0 Å². The summed E-state index contributed by atoms with van der Waals surface area (Å²) in [7, 11) is 0. The van der Waals surface area contributed by atoms with Gasteiger partial charge >= 0.3 is 0 Å². The number of anilines is 1. The number of aromatic nitrogens is 3. The zero-order valence-electron chi connectivity index (χ0n) is 9.99. The molecule has 94 valence electrons. The zero-order valence-corrected chi connectivity index (χ0v) is 9.99. The van der Waals surface area contributed by atoms with Crippen molar-refractivity contribution in [3.63, 3.8) is 0 Å². The fourth-order valence-electron chi connectivity index (χ4n) is 1.78. The third-order valence-corrected chi connectivity index (χ3v) is 2.77. The maximum absolute atomic E-state index is 12.8. The molecular formula is C14H11FN4. The predicted molar refractivity (Wildman–Crippen MR) is 71.2 cm³/mol. The molecule has 0 aliphatic heterocycles. The van der Waals surface area contributed by atoms with E-state index in [0.717, 1.165) is 16.8 Å². The minimum Gasteiger partial charge on any atom is -0.399 e. The molecule has 0 aliphatic carbocycles. The van der Waals surface area contributed by atoms with Gasteiger partial charge < -0.3 is 5.73 Å². The van der Waals surface area contributed by atoms with Crippen LogP contribution in [0.2, 0.25) is 0 Å². The number of nitrogen functional groups attached to an aromatic ring is 1. The zero-order chi connectivity index (χ0) is 13.2. The summed E-state index contributed by atoms with van der Waals surface area (Å²) in [6.07, 6.45) is 4.74. The summed E-state index contributed by atoms with van der Waals surface area (Å²) in [5, 5.41) is 4.22. The van der Waals surface area contributed by atoms with Gasteiger partial charge in [-0.05, 0) is 29.8 Å². The third-order valence-electron chi connectivity index (χ3n) is 2.77. The summed E-state index contributed by atoms with van der Waals surface area (Å²) in [5.74, 6) is 0.206. The first-order chi connectivity index (χ1) is 9.22. The molecule has 2 aromatic heterocycles. The van der Waals surface area contributed by atoms with Gasteiger partial charge in [0.05, 0.1) is 12.4 Å². The Labute approximate surface area is 109 Å². The fraction of sp³-hybridized carbons (Fsp3) is 0. The van der Waals surface area contributed by atoms with E-state index < -0.39 is 0 Å². The van der Waals surface area contributed by atoms with Crippen LogP contribution in [0, 0.1) is 5.82 Å². The second kappa shape index (κ2) is 4.53. The van der Waals surface area contributed by atoms with Gasteiger partial charge in [0.25, 0.3) is 0 Å². The Morgan fingerprint density at radius 2 is 1.74 bits per heavy atom. The highest BCUT2D eigenvalue weighted by Gasteiger charge is 2.04. The first-order valence-corrected chi connectivity index (χ1v) is 5.75. The van der Waals surface area contributed by atoms with Gasteiger partial charge in [-0.2, -0.15) is 5.10 Å². The van der Waals surface area contributed by atoms with Gasteiger partial charge in [-0.25, -0.2) is 14.1 Å². The fourth-order valence-corrected chi connectivity index (χ4v) is 1.78. The van der Waals surface area contributed by atoms with Crippen LogP contribution in [0.4, 0.5) is 10.1 Å². The number of nitrogens with two attached hydrogens (primary N) is 1. The molecule has 19 heavy (non-hydrogen) atoms. The van der Waals surface area contributed by atoms with Gasteiger partial charge in [0.15, 0.2) is 5.82 Å². The van der Waals surface area contributed by atoms with Crippen LogP contribution in [0.15, 0.2) is 55.0 Å². The van der Waals surface area contributed by atoms with Crippen LogP contribution in [0.1, 0.15) is 0 Å². The van der Waals surface area contributed by atoms with E-state index in [1.807, 2.05) is 30.5 Å². The number of benzene rings is 1. The Kier molecular flexibility index (Phi) is 2.72. The topological polar surface area (TPSA) is 56.7 Å². The molecule has 2 heterocycles. The molecule has 3 rings (SSSR count). The van der Waals surface area contributed by atoms with Crippen LogP contribution in [-0.2, 0) is 0 Å². The molecule has 1 aromatic carbocycles. The van der Waals surface area contributed by atoms with Crippen LogP contribution in [0.25, 0.3) is 16.9 Å². The molecule has 0 unspecified atom stereocenters. The van der Waals surface area contributed by atoms with Crippen molar-refractivity contribution < 1.29 is 4.39 Å². The molecule has 4 nitrogen and oxygen atoms in total. The molecular weight excluding hydrogens is 243 g/mol. The van der Waals surface area contributed by atoms with Gasteiger partial charge in [-0.1, -0.05) is 12.1 Å². The summed E-state index contributed by atoms with van der Waals surface area (Å²) >= 11 is 0. The molecule has 5 heteroatoms. The van der Waals surface area contributed by atoms with Crippen molar-refractivity contribution in [2.75, 3.05) is 5.73 Å². The summed E-state index contributed by atoms with van der Waals surface area (Å²) in [6, 6.07) is 10.5. The van der Waals surface area contributed by atoms with E-state index in [0.29, 0.717) is 5.82 Å². The number of hydrogen-bond donors (Lipinski definition) is 1. The van der Waals surface area contributed by atoms with E-state index >= 15 is 0 Å². The Bertz CT molecular complexity index is 626. The van der Waals surface area contributed by atoms with Crippen molar-refractivity contribution in [1.29, 1.82) is 0 Å². The summed E-state index contributed by atoms with van der Waals surface area (Å²) in [5.41, 5.74) is 8.33. The highest BCUT2D eigenvalue weighted by Crippen LogP contribution is 2.20. The molecule has 0 fully saturated rings. The molecule has 0 saturated carbocycles. The lowest BCUT2D eigenvalue weighted by atomic mass is 10.1. The van der Waals surface area contributed by atoms with Crippen molar-refractivity contribution in [3.8, 4) is 16.9 Å². The molecule has 0 bridgehead atoms. The minimum atomic E-state index is -0.366. The van der Waals surface area contributed by atoms with Crippen molar-refractivity contribution in [3.05, 3.63) is 60.8 Å². The summed E-state index contributed by atoms with van der Waals surface area (Å²) in [6.45, 7) is 0. The van der Waals surface area contributed by atoms with Crippen molar-refractivity contribution in [1.82, 2.24) is 14.8 Å². The quantitative estimate of drug-likeness (QED) is 0.715. The Hall–Kier alpha value is -2.69. The van der Waals surface area contributed by atoms with Gasteiger partial charge in [0.2, 0.25) is 0 Å². The van der Waals surface area contributed by atoms with E-state index in [9.17, 15) is 4.39 Å². The monoisotopic (exact) mass is 254 g/mol. The van der Waals surface area contributed by atoms with Gasteiger partial charge in [-0.3, -0.25) is 0 Å². The Balaban J connectivity index is 1.95. The predicted octanol–water partition coefficient (Wildman–Crippen LogP) is 2.66. The molecule has 0 aliphatic rings. The largest absolute Gasteiger partial charge is 0.399 e. The molecule has 0 saturated heterocycles. The smallest absolute Gasteiger partial charge is 0.153 e. The summed E-state index contributed by atoms with van der Waals surface area (Å²) in [4.78, 5) is 3.98. The van der Waals surface area contributed by atoms with Gasteiger partial charge in [-0.15, -0.1) is 0 Å². The lowest BCUT2D eigenvalue weighted by Crippen LogP contribution is -1.97. The van der Waals surface area contributed by atoms with E-state index in [2.05, 4.69) is 10.1 Å². The highest BCUT2D eigenvalue weighted by molar-refractivity contribution is 5.64. The maximum Gasteiger partial charge on any atom is 0.153 e. The third kappa shape index (κ3) is 2.30. The molecule has 0 radical (unpaired) electrons. The number of pyridine rings is 1. The van der Waals surface area contributed by atoms with Crippen molar-refractivity contribution in [2.45, 2.75) is 0 Å². The maximum atomic E-state index is 12.8. The van der Waals surface area contributed by atoms with Gasteiger partial charge in [0, 0.05) is 17.4 Å². The van der Waals surface area contributed by atoms with Gasteiger partial charge in [0.1, 0.15) is 5.82 Å². The molecule has 0 spiro atoms. The molecule has 3 aromatic rings. The molecule has 2 N–H and O–H groups in total. The van der Waals surface area contributed by atoms with Crippen LogP contribution in [-0.4, -0.2) is 14.8 Å². The van der Waals surface area contributed by atoms with Crippen molar-refractivity contribution >= 4 is 5.69 Å². The van der Waals surface area contributed by atoms with E-state index in [1.54, 1.807) is 16.9 Å². The first-order valence-electron chi connectivity index (χ1n) is 5.75. The second-order valence-corrected chi connectivity index (χ2v) is 4.13. The van der Waals surface area contributed by atoms with E-state index in [-0.39, 0.29) is 5.82 Å². The first kappa shape index (κ1) is 11.4. The Morgan fingerprint density at radius 1 is 0.947 bits per heavy atom. The van der Waals surface area contributed by atoms with Crippen molar-refractivity contribution in [2.24, 2.45) is 0 Å². The number of nitrogens with zero attached hydrogens (tertiary/aromatic N) is 3. The van der Waals surface area contributed by atoms with E-state index in [1.165, 1.54) is 12.3 Å².